The van der Waals surface area contributed by atoms with Gasteiger partial charge in [0.25, 0.3) is 0 Å². The van der Waals surface area contributed by atoms with Gasteiger partial charge in [0.15, 0.2) is 0 Å². The first-order valence-corrected chi connectivity index (χ1v) is 4.74. The summed E-state index contributed by atoms with van der Waals surface area (Å²) in [6.07, 6.45) is 2.49. The Morgan fingerprint density at radius 2 is 2.23 bits per heavy atom. The second kappa shape index (κ2) is 4.66. The molecule has 0 atom stereocenters. The Bertz CT molecular complexity index is 306. The van der Waals surface area contributed by atoms with Crippen molar-refractivity contribution in [2.45, 2.75) is 39.7 Å². The van der Waals surface area contributed by atoms with Crippen LogP contribution in [0.5, 0.6) is 0 Å². The van der Waals surface area contributed by atoms with Gasteiger partial charge in [0.05, 0.1) is 24.7 Å². The Morgan fingerprint density at radius 3 is 2.77 bits per heavy atom. The molecule has 0 saturated heterocycles. The molecular formula is C10H15N3. The zero-order valence-electron chi connectivity index (χ0n) is 8.25. The highest BCUT2D eigenvalue weighted by atomic mass is 15.3. The summed E-state index contributed by atoms with van der Waals surface area (Å²) in [6, 6.07) is 4.26. The third-order valence-electron chi connectivity index (χ3n) is 2.07. The van der Waals surface area contributed by atoms with Crippen LogP contribution in [-0.2, 0) is 19.4 Å². The van der Waals surface area contributed by atoms with Crippen LogP contribution in [0.2, 0.25) is 0 Å². The van der Waals surface area contributed by atoms with Crippen molar-refractivity contribution in [2.75, 3.05) is 0 Å². The minimum Gasteiger partial charge on any atom is -0.268 e. The van der Waals surface area contributed by atoms with Crippen molar-refractivity contribution < 1.29 is 0 Å². The van der Waals surface area contributed by atoms with Gasteiger partial charge in [0.2, 0.25) is 0 Å². The highest BCUT2D eigenvalue weighted by Crippen LogP contribution is 2.06. The predicted molar refractivity (Wildman–Crippen MR) is 51.2 cm³/mol. The van der Waals surface area contributed by atoms with Gasteiger partial charge in [-0.3, -0.25) is 4.68 Å². The number of hydrogen-bond acceptors (Lipinski definition) is 2. The molecule has 0 spiro atoms. The maximum absolute atomic E-state index is 8.46. The molecule has 3 heteroatoms. The van der Waals surface area contributed by atoms with Gasteiger partial charge in [0.1, 0.15) is 0 Å². The van der Waals surface area contributed by atoms with E-state index in [1.807, 2.05) is 4.68 Å². The molecule has 0 aliphatic rings. The van der Waals surface area contributed by atoms with Crippen molar-refractivity contribution in [1.82, 2.24) is 9.78 Å². The van der Waals surface area contributed by atoms with Crippen molar-refractivity contribution in [1.29, 1.82) is 5.26 Å². The molecule has 0 radical (unpaired) electrons. The molecule has 1 heterocycles. The zero-order chi connectivity index (χ0) is 9.68. The molecule has 0 unspecified atom stereocenters. The van der Waals surface area contributed by atoms with Gasteiger partial charge in [-0.25, -0.2) is 0 Å². The quantitative estimate of drug-likeness (QED) is 0.705. The summed E-state index contributed by atoms with van der Waals surface area (Å²) in [5.41, 5.74) is 2.35. The lowest BCUT2D eigenvalue weighted by atomic mass is 10.2. The van der Waals surface area contributed by atoms with E-state index < -0.39 is 0 Å². The average Bonchev–Trinajstić information content (AvgIpc) is 2.57. The molecular weight excluding hydrogens is 162 g/mol. The number of hydrogen-bond donors (Lipinski definition) is 0. The molecule has 0 aliphatic carbocycles. The molecule has 0 aromatic carbocycles. The molecule has 0 saturated carbocycles. The Hall–Kier alpha value is -1.30. The van der Waals surface area contributed by atoms with Gasteiger partial charge in [-0.2, -0.15) is 10.4 Å². The molecule has 0 aliphatic heterocycles. The lowest BCUT2D eigenvalue weighted by molar-refractivity contribution is 0.592. The maximum Gasteiger partial charge on any atom is 0.0641 e. The SMILES string of the molecule is CCc1cc(CC)n(CCC#N)n1. The monoisotopic (exact) mass is 177 g/mol. The lowest BCUT2D eigenvalue weighted by Gasteiger charge is -2.00. The van der Waals surface area contributed by atoms with E-state index in [-0.39, 0.29) is 0 Å². The molecule has 0 amide bonds. The van der Waals surface area contributed by atoms with E-state index in [2.05, 4.69) is 31.1 Å². The first-order chi connectivity index (χ1) is 6.31. The molecule has 3 nitrogen and oxygen atoms in total. The Kier molecular flexibility index (Phi) is 3.51. The Morgan fingerprint density at radius 1 is 1.46 bits per heavy atom. The fourth-order valence-corrected chi connectivity index (χ4v) is 1.32. The van der Waals surface area contributed by atoms with Crippen molar-refractivity contribution in [3.63, 3.8) is 0 Å². The van der Waals surface area contributed by atoms with E-state index in [4.69, 9.17) is 5.26 Å². The van der Waals surface area contributed by atoms with E-state index >= 15 is 0 Å². The average molecular weight is 177 g/mol. The molecule has 0 N–H and O–H groups in total. The summed E-state index contributed by atoms with van der Waals surface area (Å²) in [7, 11) is 0. The van der Waals surface area contributed by atoms with Crippen LogP contribution in [0.1, 0.15) is 31.7 Å². The zero-order valence-corrected chi connectivity index (χ0v) is 8.25. The normalized spacial score (nSPS) is 9.92. The van der Waals surface area contributed by atoms with E-state index in [1.165, 1.54) is 5.69 Å². The molecule has 0 fully saturated rings. The van der Waals surface area contributed by atoms with Gasteiger partial charge in [-0.15, -0.1) is 0 Å². The third-order valence-corrected chi connectivity index (χ3v) is 2.07. The summed E-state index contributed by atoms with van der Waals surface area (Å²) in [5, 5.41) is 12.9. The first kappa shape index (κ1) is 9.79. The number of nitriles is 1. The number of aryl methyl sites for hydroxylation is 3. The van der Waals surface area contributed by atoms with Crippen LogP contribution >= 0.6 is 0 Å². The van der Waals surface area contributed by atoms with Crippen molar-refractivity contribution in [3.8, 4) is 6.07 Å². The van der Waals surface area contributed by atoms with Gasteiger partial charge in [-0.1, -0.05) is 13.8 Å². The molecule has 13 heavy (non-hydrogen) atoms. The Balaban J connectivity index is 2.79. The van der Waals surface area contributed by atoms with Crippen molar-refractivity contribution >= 4 is 0 Å². The lowest BCUT2D eigenvalue weighted by Crippen LogP contribution is -2.03. The number of aromatic nitrogens is 2. The smallest absolute Gasteiger partial charge is 0.0641 e. The highest BCUT2D eigenvalue weighted by molar-refractivity contribution is 5.10. The van der Waals surface area contributed by atoms with Gasteiger partial charge in [0, 0.05) is 5.69 Å². The van der Waals surface area contributed by atoms with Crippen LogP contribution in [0.3, 0.4) is 0 Å². The van der Waals surface area contributed by atoms with E-state index in [0.717, 1.165) is 25.1 Å². The van der Waals surface area contributed by atoms with Crippen LogP contribution in [0, 0.1) is 11.3 Å². The van der Waals surface area contributed by atoms with Crippen LogP contribution in [0.15, 0.2) is 6.07 Å². The second-order valence-electron chi connectivity index (χ2n) is 2.97. The number of nitrogens with zero attached hydrogens (tertiary/aromatic N) is 3. The fraction of sp³-hybridized carbons (Fsp3) is 0.600. The van der Waals surface area contributed by atoms with Crippen LogP contribution in [-0.4, -0.2) is 9.78 Å². The van der Waals surface area contributed by atoms with E-state index in [1.54, 1.807) is 0 Å². The topological polar surface area (TPSA) is 41.6 Å². The van der Waals surface area contributed by atoms with Crippen LogP contribution in [0.25, 0.3) is 0 Å². The summed E-state index contributed by atoms with van der Waals surface area (Å²) < 4.78 is 1.95. The molecule has 1 rings (SSSR count). The Labute approximate surface area is 79.0 Å². The summed E-state index contributed by atoms with van der Waals surface area (Å²) in [5.74, 6) is 0. The minimum atomic E-state index is 0.540. The van der Waals surface area contributed by atoms with E-state index in [0.29, 0.717) is 6.42 Å². The predicted octanol–water partition coefficient (Wildman–Crippen LogP) is 1.92. The van der Waals surface area contributed by atoms with E-state index in [9.17, 15) is 0 Å². The molecule has 1 aromatic heterocycles. The van der Waals surface area contributed by atoms with Crippen molar-refractivity contribution in [3.05, 3.63) is 17.5 Å². The highest BCUT2D eigenvalue weighted by Gasteiger charge is 2.03. The van der Waals surface area contributed by atoms with Crippen LogP contribution < -0.4 is 0 Å². The van der Waals surface area contributed by atoms with Gasteiger partial charge >= 0.3 is 0 Å². The maximum atomic E-state index is 8.46. The molecule has 0 bridgehead atoms. The standard InChI is InChI=1S/C10H15N3/c1-3-9-8-10(4-2)13(12-9)7-5-6-11/h8H,3-5,7H2,1-2H3. The third kappa shape index (κ3) is 2.32. The summed E-state index contributed by atoms with van der Waals surface area (Å²) >= 11 is 0. The minimum absolute atomic E-state index is 0.540. The molecule has 70 valence electrons. The molecule has 1 aromatic rings. The summed E-state index contributed by atoms with van der Waals surface area (Å²) in [6.45, 7) is 4.93. The fourth-order valence-electron chi connectivity index (χ4n) is 1.32. The van der Waals surface area contributed by atoms with Crippen molar-refractivity contribution in [2.24, 2.45) is 0 Å². The second-order valence-corrected chi connectivity index (χ2v) is 2.97. The summed E-state index contributed by atoms with van der Waals surface area (Å²) in [4.78, 5) is 0. The van der Waals surface area contributed by atoms with Crippen LogP contribution in [0.4, 0.5) is 0 Å². The van der Waals surface area contributed by atoms with Gasteiger partial charge in [-0.05, 0) is 18.9 Å². The number of rotatable bonds is 4. The largest absolute Gasteiger partial charge is 0.268 e. The first-order valence-electron chi connectivity index (χ1n) is 4.74. The van der Waals surface area contributed by atoms with Gasteiger partial charge < -0.3 is 0 Å².